The van der Waals surface area contributed by atoms with Crippen LogP contribution >= 0.6 is 0 Å². The van der Waals surface area contributed by atoms with Gasteiger partial charge in [-0.3, -0.25) is 14.1 Å². The number of imidazole rings is 1. The lowest BCUT2D eigenvalue weighted by Crippen LogP contribution is -2.25. The lowest BCUT2D eigenvalue weighted by molar-refractivity contribution is 0.674. The number of aromatic nitrogens is 7. The minimum Gasteiger partial charge on any atom is -0.292 e. The predicted molar refractivity (Wildman–Crippen MR) is 135 cm³/mol. The summed E-state index contributed by atoms with van der Waals surface area (Å²) in [4.78, 5) is 17.7. The molecule has 0 radical (unpaired) electrons. The van der Waals surface area contributed by atoms with Crippen molar-refractivity contribution in [3.05, 3.63) is 100 Å². The van der Waals surface area contributed by atoms with Crippen LogP contribution in [0.5, 0.6) is 0 Å². The molecule has 9 heteroatoms. The summed E-state index contributed by atoms with van der Waals surface area (Å²) in [6.07, 6.45) is 8.13. The normalized spacial score (nSPS) is 10.9. The molecule has 36 heavy (non-hydrogen) atoms. The van der Waals surface area contributed by atoms with Crippen molar-refractivity contribution in [2.75, 3.05) is 0 Å². The van der Waals surface area contributed by atoms with E-state index in [9.17, 15) is 10.1 Å². The lowest BCUT2D eigenvalue weighted by Gasteiger charge is -2.10. The molecule has 0 fully saturated rings. The SMILES string of the molecule is CCCCc1cn(-c2ccccc2C#N)c(=O)n1Cc1ccc(-c2ccncc2-c2nnn[nH]2)cc1. The van der Waals surface area contributed by atoms with Crippen LogP contribution in [0, 0.1) is 11.3 Å². The van der Waals surface area contributed by atoms with Gasteiger partial charge >= 0.3 is 5.69 Å². The summed E-state index contributed by atoms with van der Waals surface area (Å²) in [5.41, 5.74) is 5.63. The van der Waals surface area contributed by atoms with E-state index in [1.807, 2.05) is 42.6 Å². The summed E-state index contributed by atoms with van der Waals surface area (Å²) in [6, 6.07) is 19.4. The minimum atomic E-state index is -0.151. The van der Waals surface area contributed by atoms with E-state index in [0.717, 1.165) is 47.2 Å². The predicted octanol–water partition coefficient (Wildman–Crippen LogP) is 4.14. The Labute approximate surface area is 207 Å². The second-order valence-electron chi connectivity index (χ2n) is 8.46. The average molecular weight is 477 g/mol. The largest absolute Gasteiger partial charge is 0.333 e. The van der Waals surface area contributed by atoms with Gasteiger partial charge in [-0.25, -0.2) is 9.89 Å². The third-order valence-corrected chi connectivity index (χ3v) is 6.16. The van der Waals surface area contributed by atoms with E-state index >= 15 is 0 Å². The van der Waals surface area contributed by atoms with Crippen LogP contribution in [-0.2, 0) is 13.0 Å². The zero-order valence-electron chi connectivity index (χ0n) is 19.8. The van der Waals surface area contributed by atoms with Crippen LogP contribution in [0.2, 0.25) is 0 Å². The van der Waals surface area contributed by atoms with E-state index in [-0.39, 0.29) is 5.69 Å². The van der Waals surface area contributed by atoms with E-state index in [1.165, 1.54) is 0 Å². The highest BCUT2D eigenvalue weighted by Gasteiger charge is 2.16. The summed E-state index contributed by atoms with van der Waals surface area (Å²) < 4.78 is 3.39. The van der Waals surface area contributed by atoms with Gasteiger partial charge in [0.05, 0.1) is 17.8 Å². The van der Waals surface area contributed by atoms with E-state index in [1.54, 1.807) is 39.7 Å². The number of pyridine rings is 1. The molecule has 0 aliphatic heterocycles. The molecule has 1 N–H and O–H groups in total. The number of H-pyrrole nitrogens is 1. The van der Waals surface area contributed by atoms with Crippen molar-refractivity contribution >= 4 is 0 Å². The molecule has 0 amide bonds. The number of rotatable bonds is 8. The number of hydrogen-bond acceptors (Lipinski definition) is 6. The maximum absolute atomic E-state index is 13.5. The number of benzene rings is 2. The first-order valence-corrected chi connectivity index (χ1v) is 11.8. The van der Waals surface area contributed by atoms with Crippen molar-refractivity contribution < 1.29 is 0 Å². The molecule has 3 aromatic heterocycles. The van der Waals surface area contributed by atoms with Gasteiger partial charge in [-0.2, -0.15) is 5.26 Å². The van der Waals surface area contributed by atoms with Crippen LogP contribution < -0.4 is 5.69 Å². The second-order valence-corrected chi connectivity index (χ2v) is 8.46. The number of unbranched alkanes of at least 4 members (excludes halogenated alkanes) is 1. The highest BCUT2D eigenvalue weighted by atomic mass is 16.1. The molecule has 0 atom stereocenters. The Hall–Kier alpha value is -4.84. The van der Waals surface area contributed by atoms with Gasteiger partial charge in [0.2, 0.25) is 0 Å². The van der Waals surface area contributed by atoms with Gasteiger partial charge in [-0.15, -0.1) is 5.10 Å². The van der Waals surface area contributed by atoms with Crippen LogP contribution in [0.1, 0.15) is 36.6 Å². The number of tetrazole rings is 1. The summed E-state index contributed by atoms with van der Waals surface area (Å²) in [6.45, 7) is 2.57. The van der Waals surface area contributed by atoms with Gasteiger partial charge in [-0.05, 0) is 58.2 Å². The Morgan fingerprint density at radius 2 is 1.89 bits per heavy atom. The molecule has 5 rings (SSSR count). The molecular formula is C27H24N8O. The van der Waals surface area contributed by atoms with E-state index in [2.05, 4.69) is 38.6 Å². The molecule has 5 aromatic rings. The third kappa shape index (κ3) is 4.44. The number of nitriles is 1. The van der Waals surface area contributed by atoms with Gasteiger partial charge in [0.15, 0.2) is 5.82 Å². The van der Waals surface area contributed by atoms with E-state index in [4.69, 9.17) is 0 Å². The molecule has 178 valence electrons. The van der Waals surface area contributed by atoms with Gasteiger partial charge in [0.25, 0.3) is 0 Å². The number of aryl methyl sites for hydroxylation is 1. The quantitative estimate of drug-likeness (QED) is 0.360. The molecular weight excluding hydrogens is 452 g/mol. The summed E-state index contributed by atoms with van der Waals surface area (Å²) >= 11 is 0. The van der Waals surface area contributed by atoms with Crippen LogP contribution in [0.15, 0.2) is 78.0 Å². The van der Waals surface area contributed by atoms with Gasteiger partial charge < -0.3 is 0 Å². The number of nitrogens with one attached hydrogen (secondary N) is 1. The Kier molecular flexibility index (Phi) is 6.49. The fourth-order valence-electron chi connectivity index (χ4n) is 4.28. The monoisotopic (exact) mass is 476 g/mol. The maximum atomic E-state index is 13.5. The minimum absolute atomic E-state index is 0.151. The Bertz CT molecular complexity index is 1570. The fourth-order valence-corrected chi connectivity index (χ4v) is 4.28. The third-order valence-electron chi connectivity index (χ3n) is 6.16. The van der Waals surface area contributed by atoms with E-state index < -0.39 is 0 Å². The van der Waals surface area contributed by atoms with Crippen molar-refractivity contribution in [3.8, 4) is 34.3 Å². The Balaban J connectivity index is 1.49. The van der Waals surface area contributed by atoms with Crippen molar-refractivity contribution in [2.24, 2.45) is 0 Å². The Morgan fingerprint density at radius 1 is 1.06 bits per heavy atom. The Morgan fingerprint density at radius 3 is 2.64 bits per heavy atom. The first-order valence-electron chi connectivity index (χ1n) is 11.8. The molecule has 0 unspecified atom stereocenters. The number of nitrogens with zero attached hydrogens (tertiary/aromatic N) is 7. The first kappa shape index (κ1) is 22.9. The van der Waals surface area contributed by atoms with Gasteiger partial charge in [-0.1, -0.05) is 49.7 Å². The maximum Gasteiger partial charge on any atom is 0.333 e. The highest BCUT2D eigenvalue weighted by Crippen LogP contribution is 2.29. The topological polar surface area (TPSA) is 118 Å². The summed E-state index contributed by atoms with van der Waals surface area (Å²) in [7, 11) is 0. The standard InChI is InChI=1S/C27H24N8O/c1-2-3-7-22-18-35(25-8-5-4-6-21(25)15-28)27(36)34(22)17-19-9-11-20(12-10-19)23-13-14-29-16-24(23)26-30-32-33-31-26/h4-6,8-14,16,18H,2-3,7,17H2,1H3,(H,30,31,32,33). The van der Waals surface area contributed by atoms with Crippen LogP contribution in [0.4, 0.5) is 0 Å². The van der Waals surface area contributed by atoms with Crippen molar-refractivity contribution in [1.29, 1.82) is 5.26 Å². The van der Waals surface area contributed by atoms with Gasteiger partial charge in [0.1, 0.15) is 6.07 Å². The number of aromatic amines is 1. The summed E-state index contributed by atoms with van der Waals surface area (Å²) in [5.74, 6) is 0.549. The van der Waals surface area contributed by atoms with Crippen LogP contribution in [-0.4, -0.2) is 34.7 Å². The van der Waals surface area contributed by atoms with Crippen LogP contribution in [0.3, 0.4) is 0 Å². The molecule has 0 saturated carbocycles. The molecule has 2 aromatic carbocycles. The second kappa shape index (κ2) is 10.2. The highest BCUT2D eigenvalue weighted by molar-refractivity contribution is 5.79. The smallest absolute Gasteiger partial charge is 0.292 e. The average Bonchev–Trinajstić information content (AvgIpc) is 3.57. The number of hydrogen-bond donors (Lipinski definition) is 1. The zero-order valence-corrected chi connectivity index (χ0v) is 19.8. The molecule has 9 nitrogen and oxygen atoms in total. The van der Waals surface area contributed by atoms with E-state index in [0.29, 0.717) is 23.6 Å². The lowest BCUT2D eigenvalue weighted by atomic mass is 10.00. The molecule has 3 heterocycles. The molecule has 0 bridgehead atoms. The number of para-hydroxylation sites is 1. The molecule has 0 spiro atoms. The molecule has 0 aliphatic carbocycles. The fraction of sp³-hybridized carbons (Fsp3) is 0.185. The molecule has 0 saturated heterocycles. The van der Waals surface area contributed by atoms with Crippen molar-refractivity contribution in [1.82, 2.24) is 34.7 Å². The van der Waals surface area contributed by atoms with Crippen LogP contribution in [0.25, 0.3) is 28.2 Å². The first-order chi connectivity index (χ1) is 17.7. The molecule has 0 aliphatic rings. The van der Waals surface area contributed by atoms with Crippen molar-refractivity contribution in [2.45, 2.75) is 32.7 Å². The van der Waals surface area contributed by atoms with Crippen molar-refractivity contribution in [3.63, 3.8) is 0 Å². The summed E-state index contributed by atoms with van der Waals surface area (Å²) in [5, 5.41) is 23.7. The van der Waals surface area contributed by atoms with Gasteiger partial charge in [0, 0.05) is 29.8 Å². The zero-order chi connectivity index (χ0) is 24.9.